The number of rotatable bonds is 2. The molecule has 0 heterocycles. The van der Waals surface area contributed by atoms with Crippen LogP contribution in [0.5, 0.6) is 11.5 Å². The van der Waals surface area contributed by atoms with Gasteiger partial charge in [-0.05, 0) is 24.7 Å². The average molecular weight is 264 g/mol. The fourth-order valence-corrected chi connectivity index (χ4v) is 2.12. The molecule has 0 aliphatic rings. The van der Waals surface area contributed by atoms with Crippen LogP contribution in [0.25, 0.3) is 0 Å². The van der Waals surface area contributed by atoms with Crippen molar-refractivity contribution in [1.29, 1.82) is 0 Å². The molecule has 0 amide bonds. The zero-order valence-corrected chi connectivity index (χ0v) is 13.6. The topological polar surface area (TPSA) is 29.5 Å². The normalized spacial score (nSPS) is 12.9. The number of phenols is 1. The van der Waals surface area contributed by atoms with Crippen LogP contribution >= 0.6 is 0 Å². The minimum atomic E-state index is -0.102. The Morgan fingerprint density at radius 1 is 0.895 bits per heavy atom. The predicted octanol–water partition coefficient (Wildman–Crippen LogP) is 4.77. The summed E-state index contributed by atoms with van der Waals surface area (Å²) >= 11 is 0. The van der Waals surface area contributed by atoms with Gasteiger partial charge in [0.25, 0.3) is 0 Å². The summed E-state index contributed by atoms with van der Waals surface area (Å²) in [7, 11) is 0. The lowest BCUT2D eigenvalue weighted by atomic mass is 9.81. The molecule has 0 spiro atoms. The highest BCUT2D eigenvalue weighted by Gasteiger charge is 2.27. The van der Waals surface area contributed by atoms with E-state index in [2.05, 4.69) is 47.6 Å². The molecule has 108 valence electrons. The van der Waals surface area contributed by atoms with Crippen molar-refractivity contribution >= 4 is 0 Å². The molecule has 0 radical (unpaired) electrons. The molecule has 0 fully saturated rings. The maximum Gasteiger partial charge on any atom is 0.165 e. The molecule has 1 aromatic rings. The zero-order valence-electron chi connectivity index (χ0n) is 13.6. The first-order valence-electron chi connectivity index (χ1n) is 6.98. The van der Waals surface area contributed by atoms with Crippen molar-refractivity contribution in [2.45, 2.75) is 72.3 Å². The standard InChI is InChI=1S/C17H28O2/c1-11(2)19-15-13(17(6,7)8)10-9-12(14(15)18)16(3,4)5/h9-11,18H,1-8H3. The van der Waals surface area contributed by atoms with Gasteiger partial charge >= 0.3 is 0 Å². The third kappa shape index (κ3) is 3.65. The van der Waals surface area contributed by atoms with Crippen molar-refractivity contribution in [3.63, 3.8) is 0 Å². The summed E-state index contributed by atoms with van der Waals surface area (Å²) in [4.78, 5) is 0. The van der Waals surface area contributed by atoms with Gasteiger partial charge in [-0.25, -0.2) is 0 Å². The number of hydrogen-bond acceptors (Lipinski definition) is 2. The van der Waals surface area contributed by atoms with Gasteiger partial charge in [-0.2, -0.15) is 0 Å². The van der Waals surface area contributed by atoms with E-state index >= 15 is 0 Å². The maximum absolute atomic E-state index is 10.6. The van der Waals surface area contributed by atoms with E-state index in [1.54, 1.807) is 0 Å². The summed E-state index contributed by atoms with van der Waals surface area (Å²) in [5.41, 5.74) is 1.82. The molecule has 1 rings (SSSR count). The fraction of sp³-hybridized carbons (Fsp3) is 0.647. The summed E-state index contributed by atoms with van der Waals surface area (Å²) in [6.45, 7) is 16.6. The molecule has 0 aromatic heterocycles. The zero-order chi connectivity index (χ0) is 15.0. The Labute approximate surface area is 117 Å². The number of phenolic OH excluding ortho intramolecular Hbond substituents is 1. The highest BCUT2D eigenvalue weighted by molar-refractivity contribution is 5.55. The molecule has 1 N–H and O–H groups in total. The van der Waals surface area contributed by atoms with E-state index in [1.165, 1.54) is 0 Å². The average Bonchev–Trinajstić information content (AvgIpc) is 2.16. The molecular weight excluding hydrogens is 236 g/mol. The second-order valence-corrected chi connectivity index (χ2v) is 7.51. The van der Waals surface area contributed by atoms with Crippen LogP contribution in [0.1, 0.15) is 66.5 Å². The molecule has 0 atom stereocenters. The van der Waals surface area contributed by atoms with Crippen molar-refractivity contribution in [2.75, 3.05) is 0 Å². The fourth-order valence-electron chi connectivity index (χ4n) is 2.12. The predicted molar refractivity (Wildman–Crippen MR) is 81.3 cm³/mol. The summed E-state index contributed by atoms with van der Waals surface area (Å²) in [6, 6.07) is 4.10. The lowest BCUT2D eigenvalue weighted by Gasteiger charge is -2.28. The van der Waals surface area contributed by atoms with Crippen LogP contribution in [-0.4, -0.2) is 11.2 Å². The Morgan fingerprint density at radius 3 is 1.68 bits per heavy atom. The molecule has 0 aliphatic carbocycles. The molecule has 0 bridgehead atoms. The number of hydrogen-bond donors (Lipinski definition) is 1. The van der Waals surface area contributed by atoms with Gasteiger partial charge in [0, 0.05) is 11.1 Å². The molecular formula is C17H28O2. The van der Waals surface area contributed by atoms with Crippen LogP contribution in [0.3, 0.4) is 0 Å². The summed E-state index contributed by atoms with van der Waals surface area (Å²) in [5, 5.41) is 10.6. The Balaban J connectivity index is 3.50. The molecule has 19 heavy (non-hydrogen) atoms. The van der Waals surface area contributed by atoms with Gasteiger partial charge < -0.3 is 9.84 Å². The van der Waals surface area contributed by atoms with Crippen molar-refractivity contribution in [1.82, 2.24) is 0 Å². The first-order valence-corrected chi connectivity index (χ1v) is 6.98. The van der Waals surface area contributed by atoms with Crippen LogP contribution < -0.4 is 4.74 Å². The van der Waals surface area contributed by atoms with Crippen LogP contribution in [0.2, 0.25) is 0 Å². The van der Waals surface area contributed by atoms with Crippen molar-refractivity contribution in [2.24, 2.45) is 0 Å². The monoisotopic (exact) mass is 264 g/mol. The molecule has 2 heteroatoms. The number of ether oxygens (including phenoxy) is 1. The molecule has 2 nitrogen and oxygen atoms in total. The molecule has 0 saturated heterocycles. The minimum absolute atomic E-state index is 0.0437. The largest absolute Gasteiger partial charge is 0.504 e. The Kier molecular flexibility index (Phi) is 4.23. The quantitative estimate of drug-likeness (QED) is 0.833. The third-order valence-electron chi connectivity index (χ3n) is 3.10. The molecule has 0 saturated carbocycles. The van der Waals surface area contributed by atoms with E-state index in [1.807, 2.05) is 19.9 Å². The lowest BCUT2D eigenvalue weighted by molar-refractivity contribution is 0.224. The maximum atomic E-state index is 10.6. The molecule has 0 aliphatic heterocycles. The lowest BCUT2D eigenvalue weighted by Crippen LogP contribution is -2.19. The first-order chi connectivity index (χ1) is 8.44. The second-order valence-electron chi connectivity index (χ2n) is 7.51. The third-order valence-corrected chi connectivity index (χ3v) is 3.10. The van der Waals surface area contributed by atoms with Crippen LogP contribution in [0.15, 0.2) is 12.1 Å². The van der Waals surface area contributed by atoms with Gasteiger partial charge in [0.2, 0.25) is 0 Å². The van der Waals surface area contributed by atoms with Crippen LogP contribution in [0, 0.1) is 0 Å². The van der Waals surface area contributed by atoms with E-state index in [4.69, 9.17) is 4.74 Å². The minimum Gasteiger partial charge on any atom is -0.504 e. The van der Waals surface area contributed by atoms with Gasteiger partial charge in [-0.1, -0.05) is 53.7 Å². The Morgan fingerprint density at radius 2 is 1.32 bits per heavy atom. The molecule has 1 aromatic carbocycles. The number of benzene rings is 1. The Hall–Kier alpha value is -1.18. The van der Waals surface area contributed by atoms with E-state index in [0.29, 0.717) is 5.75 Å². The van der Waals surface area contributed by atoms with Gasteiger partial charge in [0.15, 0.2) is 11.5 Å². The van der Waals surface area contributed by atoms with Crippen molar-refractivity contribution in [3.8, 4) is 11.5 Å². The van der Waals surface area contributed by atoms with Crippen LogP contribution in [-0.2, 0) is 10.8 Å². The van der Waals surface area contributed by atoms with Gasteiger partial charge in [-0.15, -0.1) is 0 Å². The summed E-state index contributed by atoms with van der Waals surface area (Å²) in [5.74, 6) is 0.920. The van der Waals surface area contributed by atoms with Gasteiger partial charge in [0.05, 0.1) is 6.10 Å². The van der Waals surface area contributed by atoms with E-state index in [-0.39, 0.29) is 22.7 Å². The summed E-state index contributed by atoms with van der Waals surface area (Å²) in [6.07, 6.45) is 0.0437. The smallest absolute Gasteiger partial charge is 0.165 e. The van der Waals surface area contributed by atoms with E-state index in [0.717, 1.165) is 11.1 Å². The van der Waals surface area contributed by atoms with Crippen LogP contribution in [0.4, 0.5) is 0 Å². The highest BCUT2D eigenvalue weighted by Crippen LogP contribution is 2.44. The second kappa shape index (κ2) is 5.07. The SMILES string of the molecule is CC(C)Oc1c(C(C)(C)C)ccc(C(C)(C)C)c1O. The highest BCUT2D eigenvalue weighted by atomic mass is 16.5. The summed E-state index contributed by atoms with van der Waals surface area (Å²) < 4.78 is 5.89. The Bertz CT molecular complexity index is 446. The van der Waals surface area contributed by atoms with Crippen molar-refractivity contribution in [3.05, 3.63) is 23.3 Å². The van der Waals surface area contributed by atoms with Crippen molar-refractivity contribution < 1.29 is 9.84 Å². The first kappa shape index (κ1) is 15.9. The van der Waals surface area contributed by atoms with Gasteiger partial charge in [-0.3, -0.25) is 0 Å². The number of aromatic hydroxyl groups is 1. The van der Waals surface area contributed by atoms with E-state index < -0.39 is 0 Å². The van der Waals surface area contributed by atoms with Gasteiger partial charge in [0.1, 0.15) is 0 Å². The van der Waals surface area contributed by atoms with E-state index in [9.17, 15) is 5.11 Å². The molecule has 0 unspecified atom stereocenters.